The van der Waals surface area contributed by atoms with Crippen molar-refractivity contribution in [2.75, 3.05) is 23.5 Å². The minimum absolute atomic E-state index is 0.131. The smallest absolute Gasteiger partial charge is 0.407 e. The average Bonchev–Trinajstić information content (AvgIpc) is 3.71. The molecule has 228 valence electrons. The first-order valence-corrected chi connectivity index (χ1v) is 15.0. The molecule has 6 rings (SSSR count). The van der Waals surface area contributed by atoms with Gasteiger partial charge in [0, 0.05) is 23.8 Å². The number of methoxy groups -OCH3 is 1. The number of carbonyl (C=O) groups excluding carboxylic acids is 2. The number of hydrogen-bond donors (Lipinski definition) is 1. The molecule has 2 aliphatic heterocycles. The highest BCUT2D eigenvalue weighted by molar-refractivity contribution is 6.11. The van der Waals surface area contributed by atoms with Crippen LogP contribution >= 0.6 is 0 Å². The second-order valence-corrected chi connectivity index (χ2v) is 12.5. The van der Waals surface area contributed by atoms with Crippen LogP contribution in [0.5, 0.6) is 0 Å². The van der Waals surface area contributed by atoms with E-state index in [-0.39, 0.29) is 12.5 Å². The molecule has 3 aromatic heterocycles. The molecule has 11 nitrogen and oxygen atoms in total. The predicted octanol–water partition coefficient (Wildman–Crippen LogP) is 5.63. The number of fused-ring (bicyclic) bond motifs is 1. The third-order valence-corrected chi connectivity index (χ3v) is 8.41. The van der Waals surface area contributed by atoms with Gasteiger partial charge in [0.15, 0.2) is 5.82 Å². The number of anilines is 2. The second-order valence-electron chi connectivity index (χ2n) is 12.5. The molecule has 0 spiro atoms. The summed E-state index contributed by atoms with van der Waals surface area (Å²) in [6.45, 7) is 11.4. The molecule has 1 aromatic carbocycles. The Morgan fingerprint density at radius 2 is 1.82 bits per heavy atom. The van der Waals surface area contributed by atoms with Crippen LogP contribution in [0, 0.1) is 12.3 Å². The number of carbonyl (C=O) groups is 2. The van der Waals surface area contributed by atoms with Gasteiger partial charge in [-0.2, -0.15) is 0 Å². The number of rotatable bonds is 6. The van der Waals surface area contributed by atoms with E-state index in [1.165, 1.54) is 7.11 Å². The Bertz CT molecular complexity index is 1710. The Morgan fingerprint density at radius 3 is 2.50 bits per heavy atom. The number of aryl methyl sites for hydroxylation is 1. The lowest BCUT2D eigenvalue weighted by Gasteiger charge is -2.35. The van der Waals surface area contributed by atoms with Crippen molar-refractivity contribution >= 4 is 23.6 Å². The minimum atomic E-state index is -0.554. The van der Waals surface area contributed by atoms with E-state index in [1.54, 1.807) is 4.90 Å². The molecule has 11 heteroatoms. The van der Waals surface area contributed by atoms with Crippen molar-refractivity contribution in [1.29, 1.82) is 0 Å². The fraction of sp³-hybridized carbons (Fsp3) is 0.394. The van der Waals surface area contributed by atoms with Crippen LogP contribution in [0.3, 0.4) is 0 Å². The number of nitrogens with one attached hydrogen (secondary N) is 1. The predicted molar refractivity (Wildman–Crippen MR) is 168 cm³/mol. The second kappa shape index (κ2) is 11.4. The zero-order valence-corrected chi connectivity index (χ0v) is 26.0. The van der Waals surface area contributed by atoms with Crippen LogP contribution in [0.2, 0.25) is 0 Å². The molecule has 0 bridgehead atoms. The van der Waals surface area contributed by atoms with Crippen LogP contribution in [0.15, 0.2) is 54.6 Å². The number of alkyl carbamates (subject to hydrolysis) is 1. The van der Waals surface area contributed by atoms with Gasteiger partial charge in [-0.05, 0) is 62.4 Å². The van der Waals surface area contributed by atoms with Crippen LogP contribution in [0.1, 0.15) is 74.0 Å². The molecule has 0 saturated carbocycles. The summed E-state index contributed by atoms with van der Waals surface area (Å²) in [5.41, 5.74) is 3.14. The van der Waals surface area contributed by atoms with Gasteiger partial charge >= 0.3 is 6.09 Å². The molecule has 0 aliphatic carbocycles. The van der Waals surface area contributed by atoms with Crippen molar-refractivity contribution in [2.24, 2.45) is 5.41 Å². The number of benzene rings is 1. The number of aromatic nitrogens is 5. The van der Waals surface area contributed by atoms with Gasteiger partial charge in [0.25, 0.3) is 5.91 Å². The number of pyridine rings is 2. The monoisotopic (exact) mass is 594 g/mol. The van der Waals surface area contributed by atoms with Crippen LogP contribution in [-0.4, -0.2) is 56.4 Å². The van der Waals surface area contributed by atoms with E-state index >= 15 is 0 Å². The number of amides is 2. The van der Waals surface area contributed by atoms with Crippen molar-refractivity contribution in [3.63, 3.8) is 0 Å². The molecule has 2 amide bonds. The lowest BCUT2D eigenvalue weighted by atomic mass is 9.81. The molecule has 1 unspecified atom stereocenters. The average molecular weight is 595 g/mol. The summed E-state index contributed by atoms with van der Waals surface area (Å²) >= 11 is 0. The van der Waals surface area contributed by atoms with Crippen molar-refractivity contribution in [2.45, 2.75) is 66.1 Å². The van der Waals surface area contributed by atoms with Crippen molar-refractivity contribution in [3.8, 4) is 17.2 Å². The van der Waals surface area contributed by atoms with Gasteiger partial charge in [0.2, 0.25) is 0 Å². The van der Waals surface area contributed by atoms with E-state index in [4.69, 9.17) is 14.7 Å². The fourth-order valence-corrected chi connectivity index (χ4v) is 6.39. The highest BCUT2D eigenvalue weighted by atomic mass is 16.5. The van der Waals surface area contributed by atoms with E-state index in [0.29, 0.717) is 34.6 Å². The van der Waals surface area contributed by atoms with Gasteiger partial charge in [-0.1, -0.05) is 45.0 Å². The molecule has 1 N–H and O–H groups in total. The van der Waals surface area contributed by atoms with E-state index < -0.39 is 17.6 Å². The summed E-state index contributed by atoms with van der Waals surface area (Å²) in [6, 6.07) is 17.3. The van der Waals surface area contributed by atoms with E-state index in [0.717, 1.165) is 42.3 Å². The van der Waals surface area contributed by atoms with Crippen molar-refractivity contribution in [3.05, 3.63) is 77.2 Å². The maximum absolute atomic E-state index is 14.5. The molecule has 1 saturated heterocycles. The topological polar surface area (TPSA) is 118 Å². The molecule has 2 atom stereocenters. The maximum Gasteiger partial charge on any atom is 0.407 e. The van der Waals surface area contributed by atoms with Crippen LogP contribution in [-0.2, 0) is 11.3 Å². The Morgan fingerprint density at radius 1 is 1.05 bits per heavy atom. The Balaban J connectivity index is 1.48. The Hall–Kier alpha value is -4.80. The maximum atomic E-state index is 14.5. The molecule has 0 radical (unpaired) electrons. The Kier molecular flexibility index (Phi) is 7.56. The third-order valence-electron chi connectivity index (χ3n) is 8.41. The SMILES string of the molecule is COC(=O)NCc1nc(N2CCCC2C)cc2c1[C@@H](C(C)(C)C)N(c1cccc(-c3nnc(C)n3-c3ccccc3)n1)C2=O. The van der Waals surface area contributed by atoms with Gasteiger partial charge < -0.3 is 15.0 Å². The molecular weight excluding hydrogens is 556 g/mol. The summed E-state index contributed by atoms with van der Waals surface area (Å²) in [7, 11) is 1.33. The van der Waals surface area contributed by atoms with Gasteiger partial charge in [0.1, 0.15) is 23.2 Å². The van der Waals surface area contributed by atoms with Crippen LogP contribution in [0.4, 0.5) is 16.4 Å². The standard InChI is InChI=1S/C33H38N8O3/c1-20-12-11-17-39(20)27-18-23-28(25(36-27)19-34-32(43)44-6)29(33(3,4)5)41(31(23)42)26-16-10-15-24(35-26)30-38-37-21(2)40(30)22-13-8-7-9-14-22/h7-10,13-16,18,20,29H,11-12,17,19H2,1-6H3,(H,34,43)/t20?,29-/m0/s1. The van der Waals surface area contributed by atoms with E-state index in [1.807, 2.05) is 66.1 Å². The van der Waals surface area contributed by atoms with Gasteiger partial charge in [-0.3, -0.25) is 14.3 Å². The third kappa shape index (κ3) is 5.16. The summed E-state index contributed by atoms with van der Waals surface area (Å²) in [4.78, 5) is 40.7. The largest absolute Gasteiger partial charge is 0.453 e. The minimum Gasteiger partial charge on any atom is -0.453 e. The van der Waals surface area contributed by atoms with Gasteiger partial charge in [0.05, 0.1) is 31.0 Å². The van der Waals surface area contributed by atoms with Crippen LogP contribution < -0.4 is 15.1 Å². The lowest BCUT2D eigenvalue weighted by molar-refractivity contribution is 0.0976. The first-order chi connectivity index (χ1) is 21.1. The zero-order valence-electron chi connectivity index (χ0n) is 26.0. The number of ether oxygens (including phenoxy) is 1. The Labute approximate surface area is 257 Å². The van der Waals surface area contributed by atoms with Crippen molar-refractivity contribution in [1.82, 2.24) is 30.0 Å². The highest BCUT2D eigenvalue weighted by Crippen LogP contribution is 2.49. The first-order valence-electron chi connectivity index (χ1n) is 15.0. The summed E-state index contributed by atoms with van der Waals surface area (Å²) in [6.07, 6.45) is 1.56. The molecule has 5 heterocycles. The molecule has 44 heavy (non-hydrogen) atoms. The van der Waals surface area contributed by atoms with Gasteiger partial charge in [-0.15, -0.1) is 10.2 Å². The fourth-order valence-electron chi connectivity index (χ4n) is 6.39. The van der Waals surface area contributed by atoms with E-state index in [2.05, 4.69) is 48.1 Å². The summed E-state index contributed by atoms with van der Waals surface area (Å²) < 4.78 is 6.81. The quantitative estimate of drug-likeness (QED) is 0.305. The van der Waals surface area contributed by atoms with E-state index in [9.17, 15) is 9.59 Å². The number of hydrogen-bond acceptors (Lipinski definition) is 8. The van der Waals surface area contributed by atoms with Crippen molar-refractivity contribution < 1.29 is 14.3 Å². The van der Waals surface area contributed by atoms with Crippen LogP contribution in [0.25, 0.3) is 17.2 Å². The first kappa shape index (κ1) is 29.3. The summed E-state index contributed by atoms with van der Waals surface area (Å²) in [5, 5.41) is 11.6. The highest BCUT2D eigenvalue weighted by Gasteiger charge is 2.47. The molecular formula is C33H38N8O3. The number of nitrogens with zero attached hydrogens (tertiary/aromatic N) is 7. The normalized spacial score (nSPS) is 18.1. The molecule has 4 aromatic rings. The molecule has 2 aliphatic rings. The summed E-state index contributed by atoms with van der Waals surface area (Å²) in [5.74, 6) is 2.41. The number of para-hydroxylation sites is 1. The lowest BCUT2D eigenvalue weighted by Crippen LogP contribution is -2.36. The molecule has 1 fully saturated rings. The zero-order chi connectivity index (χ0) is 31.2. The van der Waals surface area contributed by atoms with Gasteiger partial charge in [-0.25, -0.2) is 14.8 Å².